The Labute approximate surface area is 136 Å². The lowest BCUT2D eigenvalue weighted by molar-refractivity contribution is -0.384. The van der Waals surface area contributed by atoms with Gasteiger partial charge in [0.25, 0.3) is 5.69 Å². The fraction of sp³-hybridized carbons (Fsp3) is 0.588. The third kappa shape index (κ3) is 8.80. The van der Waals surface area contributed by atoms with Crippen LogP contribution >= 0.6 is 0 Å². The molecular weight excluding hydrogens is 298 g/mol. The van der Waals surface area contributed by atoms with E-state index in [9.17, 15) is 14.9 Å². The summed E-state index contributed by atoms with van der Waals surface area (Å²) in [4.78, 5) is 21.5. The van der Waals surface area contributed by atoms with Gasteiger partial charge in [-0.2, -0.15) is 0 Å². The predicted octanol–water partition coefficient (Wildman–Crippen LogP) is 5.25. The molecule has 0 saturated heterocycles. The largest absolute Gasteiger partial charge is 0.513 e. The van der Waals surface area contributed by atoms with Crippen molar-refractivity contribution in [2.75, 3.05) is 6.61 Å². The fourth-order valence-electron chi connectivity index (χ4n) is 2.15. The van der Waals surface area contributed by atoms with Gasteiger partial charge in [-0.1, -0.05) is 51.9 Å². The van der Waals surface area contributed by atoms with Crippen LogP contribution in [-0.4, -0.2) is 17.7 Å². The number of nitro groups is 1. The molecule has 1 aromatic carbocycles. The minimum Gasteiger partial charge on any atom is -0.434 e. The Morgan fingerprint density at radius 2 is 1.57 bits per heavy atom. The Kier molecular flexibility index (Phi) is 9.43. The molecule has 0 aliphatic heterocycles. The Balaban J connectivity index is 2.07. The number of carbonyl (C=O) groups is 1. The number of ether oxygens (including phenoxy) is 2. The summed E-state index contributed by atoms with van der Waals surface area (Å²) in [5.74, 6) is 0.233. The van der Waals surface area contributed by atoms with Gasteiger partial charge in [-0.05, 0) is 18.6 Å². The summed E-state index contributed by atoms with van der Waals surface area (Å²) in [6.07, 6.45) is 8.60. The molecule has 0 aliphatic rings. The van der Waals surface area contributed by atoms with E-state index in [0.29, 0.717) is 6.61 Å². The smallest absolute Gasteiger partial charge is 0.434 e. The first kappa shape index (κ1) is 18.9. The maximum Gasteiger partial charge on any atom is 0.513 e. The minimum absolute atomic E-state index is 0.0512. The van der Waals surface area contributed by atoms with Crippen molar-refractivity contribution in [3.8, 4) is 5.75 Å². The second-order valence-corrected chi connectivity index (χ2v) is 5.43. The molecule has 6 heteroatoms. The van der Waals surface area contributed by atoms with Crippen molar-refractivity contribution in [1.29, 1.82) is 0 Å². The summed E-state index contributed by atoms with van der Waals surface area (Å²) in [5, 5.41) is 10.5. The standard InChI is InChI=1S/C17H25NO5/c1-2-3-4-5-6-7-8-9-14-22-17(19)23-16-12-10-15(11-13-16)18(20)21/h10-13H,2-9,14H2,1H3. The Hall–Kier alpha value is -2.11. The fourth-order valence-corrected chi connectivity index (χ4v) is 2.15. The van der Waals surface area contributed by atoms with Crippen molar-refractivity contribution in [2.24, 2.45) is 0 Å². The predicted molar refractivity (Wildman–Crippen MR) is 87.7 cm³/mol. The van der Waals surface area contributed by atoms with Crippen molar-refractivity contribution < 1.29 is 19.2 Å². The highest BCUT2D eigenvalue weighted by atomic mass is 16.7. The zero-order valence-electron chi connectivity index (χ0n) is 13.7. The molecule has 128 valence electrons. The van der Waals surface area contributed by atoms with Gasteiger partial charge in [0.15, 0.2) is 0 Å². The maximum atomic E-state index is 11.5. The van der Waals surface area contributed by atoms with Crippen molar-refractivity contribution >= 4 is 11.8 Å². The molecular formula is C17H25NO5. The van der Waals surface area contributed by atoms with Crippen LogP contribution in [0.15, 0.2) is 24.3 Å². The van der Waals surface area contributed by atoms with Crippen molar-refractivity contribution in [3.63, 3.8) is 0 Å². The first-order chi connectivity index (χ1) is 11.1. The summed E-state index contributed by atoms with van der Waals surface area (Å²) in [6.45, 7) is 2.54. The molecule has 0 amide bonds. The van der Waals surface area contributed by atoms with Crippen LogP contribution in [0.4, 0.5) is 10.5 Å². The average molecular weight is 323 g/mol. The first-order valence-corrected chi connectivity index (χ1v) is 8.22. The Morgan fingerprint density at radius 1 is 1.00 bits per heavy atom. The molecule has 0 aromatic heterocycles. The van der Waals surface area contributed by atoms with Gasteiger partial charge in [0, 0.05) is 12.1 Å². The highest BCUT2D eigenvalue weighted by molar-refractivity contribution is 5.63. The van der Waals surface area contributed by atoms with E-state index in [1.807, 2.05) is 0 Å². The average Bonchev–Trinajstić information content (AvgIpc) is 2.54. The quantitative estimate of drug-likeness (QED) is 0.183. The number of nitro benzene ring substituents is 1. The number of hydrogen-bond acceptors (Lipinski definition) is 5. The molecule has 0 fully saturated rings. The van der Waals surface area contributed by atoms with Crippen LogP contribution in [0.25, 0.3) is 0 Å². The third-order valence-electron chi connectivity index (χ3n) is 3.47. The van der Waals surface area contributed by atoms with Gasteiger partial charge in [-0.25, -0.2) is 4.79 Å². The van der Waals surface area contributed by atoms with E-state index in [-0.39, 0.29) is 11.4 Å². The van der Waals surface area contributed by atoms with Gasteiger partial charge in [-0.15, -0.1) is 0 Å². The van der Waals surface area contributed by atoms with E-state index in [2.05, 4.69) is 6.92 Å². The van der Waals surface area contributed by atoms with E-state index in [0.717, 1.165) is 19.3 Å². The lowest BCUT2D eigenvalue weighted by Gasteiger charge is -2.06. The highest BCUT2D eigenvalue weighted by Crippen LogP contribution is 2.17. The summed E-state index contributed by atoms with van der Waals surface area (Å²) in [7, 11) is 0. The van der Waals surface area contributed by atoms with Crippen LogP contribution in [0.2, 0.25) is 0 Å². The van der Waals surface area contributed by atoms with Crippen LogP contribution in [0, 0.1) is 10.1 Å². The number of carbonyl (C=O) groups excluding carboxylic acids is 1. The second-order valence-electron chi connectivity index (χ2n) is 5.43. The highest BCUT2D eigenvalue weighted by Gasteiger charge is 2.08. The van der Waals surface area contributed by atoms with Crippen LogP contribution < -0.4 is 4.74 Å². The number of unbranched alkanes of at least 4 members (excludes halogenated alkanes) is 7. The summed E-state index contributed by atoms with van der Waals surface area (Å²) < 4.78 is 9.91. The van der Waals surface area contributed by atoms with E-state index in [4.69, 9.17) is 9.47 Å². The summed E-state index contributed by atoms with van der Waals surface area (Å²) in [6, 6.07) is 5.30. The zero-order chi connectivity index (χ0) is 16.9. The number of benzene rings is 1. The van der Waals surface area contributed by atoms with Gasteiger partial charge in [0.05, 0.1) is 11.5 Å². The van der Waals surface area contributed by atoms with Gasteiger partial charge in [0.2, 0.25) is 0 Å². The molecule has 0 heterocycles. The number of nitrogens with zero attached hydrogens (tertiary/aromatic N) is 1. The minimum atomic E-state index is -0.776. The summed E-state index contributed by atoms with van der Waals surface area (Å²) in [5.41, 5.74) is -0.0512. The molecule has 0 unspecified atom stereocenters. The van der Waals surface area contributed by atoms with Gasteiger partial charge in [0.1, 0.15) is 5.75 Å². The van der Waals surface area contributed by atoms with Crippen molar-refractivity contribution in [1.82, 2.24) is 0 Å². The van der Waals surface area contributed by atoms with Gasteiger partial charge >= 0.3 is 6.16 Å². The topological polar surface area (TPSA) is 78.7 Å². The molecule has 0 N–H and O–H groups in total. The van der Waals surface area contributed by atoms with E-state index in [1.165, 1.54) is 56.4 Å². The number of hydrogen-bond donors (Lipinski definition) is 0. The molecule has 23 heavy (non-hydrogen) atoms. The van der Waals surface area contributed by atoms with Crippen LogP contribution in [0.1, 0.15) is 58.3 Å². The van der Waals surface area contributed by atoms with Crippen LogP contribution in [0.3, 0.4) is 0 Å². The lowest BCUT2D eigenvalue weighted by Crippen LogP contribution is -2.11. The normalized spacial score (nSPS) is 10.3. The molecule has 0 radical (unpaired) electrons. The monoisotopic (exact) mass is 323 g/mol. The van der Waals surface area contributed by atoms with Gasteiger partial charge in [-0.3, -0.25) is 10.1 Å². The SMILES string of the molecule is CCCCCCCCCCOC(=O)Oc1ccc([N+](=O)[O-])cc1. The van der Waals surface area contributed by atoms with Crippen LogP contribution in [0.5, 0.6) is 5.75 Å². The van der Waals surface area contributed by atoms with Gasteiger partial charge < -0.3 is 9.47 Å². The number of rotatable bonds is 11. The Morgan fingerprint density at radius 3 is 2.13 bits per heavy atom. The molecule has 0 bridgehead atoms. The number of non-ortho nitro benzene ring substituents is 1. The van der Waals surface area contributed by atoms with E-state index >= 15 is 0 Å². The molecule has 1 rings (SSSR count). The zero-order valence-corrected chi connectivity index (χ0v) is 13.7. The van der Waals surface area contributed by atoms with Crippen LogP contribution in [-0.2, 0) is 4.74 Å². The lowest BCUT2D eigenvalue weighted by atomic mass is 10.1. The Bertz CT molecular complexity index is 472. The van der Waals surface area contributed by atoms with E-state index < -0.39 is 11.1 Å². The van der Waals surface area contributed by atoms with Crippen molar-refractivity contribution in [3.05, 3.63) is 34.4 Å². The second kappa shape index (κ2) is 11.5. The molecule has 1 aromatic rings. The molecule has 0 saturated carbocycles. The maximum absolute atomic E-state index is 11.5. The molecule has 0 spiro atoms. The van der Waals surface area contributed by atoms with Crippen molar-refractivity contribution in [2.45, 2.75) is 58.3 Å². The molecule has 6 nitrogen and oxygen atoms in total. The third-order valence-corrected chi connectivity index (χ3v) is 3.47. The summed E-state index contributed by atoms with van der Waals surface area (Å²) >= 11 is 0. The molecule has 0 aliphatic carbocycles. The first-order valence-electron chi connectivity index (χ1n) is 8.22. The van der Waals surface area contributed by atoms with E-state index in [1.54, 1.807) is 0 Å². The molecule has 0 atom stereocenters.